The minimum Gasteiger partial charge on any atom is -0.381 e. The second kappa shape index (κ2) is 2.35. The average Bonchev–Trinajstić information content (AvgIpc) is 2.24. The van der Waals surface area contributed by atoms with Crippen LogP contribution in [0.25, 0.3) is 0 Å². The summed E-state index contributed by atoms with van der Waals surface area (Å²) in [7, 11) is 1.88. The first-order chi connectivity index (χ1) is 5.88. The lowest BCUT2D eigenvalue weighted by molar-refractivity contribution is 0.0499. The van der Waals surface area contributed by atoms with E-state index in [4.69, 9.17) is 4.74 Å². The molecule has 2 fully saturated rings. The second-order valence-electron chi connectivity index (χ2n) is 4.65. The van der Waals surface area contributed by atoms with Gasteiger partial charge in [-0.15, -0.1) is 0 Å². The number of methoxy groups -OCH3 is 1. The van der Waals surface area contributed by atoms with E-state index in [2.05, 4.69) is 12.2 Å². The molecule has 1 heteroatoms. The Labute approximate surface area is 73.8 Å². The number of fused-ring (bicyclic) bond motifs is 2. The zero-order chi connectivity index (χ0) is 8.13. The van der Waals surface area contributed by atoms with E-state index >= 15 is 0 Å². The van der Waals surface area contributed by atoms with E-state index in [1.807, 2.05) is 7.11 Å². The van der Waals surface area contributed by atoms with E-state index in [9.17, 15) is 0 Å². The Morgan fingerprint density at radius 3 is 2.75 bits per heavy atom. The first-order valence-corrected chi connectivity index (χ1v) is 5.09. The van der Waals surface area contributed by atoms with Gasteiger partial charge in [0.15, 0.2) is 0 Å². The number of allylic oxidation sites excluding steroid dienone is 1. The fourth-order valence-electron chi connectivity index (χ4n) is 3.68. The first kappa shape index (κ1) is 7.14. The van der Waals surface area contributed by atoms with Crippen LogP contribution in [0.5, 0.6) is 0 Å². The van der Waals surface area contributed by atoms with Crippen molar-refractivity contribution in [2.24, 2.45) is 23.7 Å². The highest BCUT2D eigenvalue weighted by Gasteiger charge is 2.48. The van der Waals surface area contributed by atoms with Gasteiger partial charge in [-0.2, -0.15) is 0 Å². The average molecular weight is 164 g/mol. The van der Waals surface area contributed by atoms with E-state index < -0.39 is 0 Å². The van der Waals surface area contributed by atoms with E-state index in [1.54, 1.807) is 0 Å². The molecule has 3 bridgehead atoms. The molecule has 1 nitrogen and oxygen atoms in total. The van der Waals surface area contributed by atoms with Crippen LogP contribution < -0.4 is 0 Å². The van der Waals surface area contributed by atoms with E-state index in [1.165, 1.54) is 19.3 Å². The van der Waals surface area contributed by atoms with Gasteiger partial charge in [-0.1, -0.05) is 12.2 Å². The van der Waals surface area contributed by atoms with Crippen LogP contribution in [0, 0.1) is 23.7 Å². The predicted molar refractivity (Wildman–Crippen MR) is 47.7 cm³/mol. The third-order valence-electron chi connectivity index (χ3n) is 4.08. The molecule has 0 aliphatic heterocycles. The molecule has 2 saturated carbocycles. The molecule has 0 aromatic rings. The highest BCUT2D eigenvalue weighted by atomic mass is 16.5. The van der Waals surface area contributed by atoms with Crippen molar-refractivity contribution in [2.45, 2.75) is 25.4 Å². The summed E-state index contributed by atoms with van der Waals surface area (Å²) in [6, 6.07) is 0. The van der Waals surface area contributed by atoms with Crippen LogP contribution in [0.3, 0.4) is 0 Å². The molecular weight excluding hydrogens is 148 g/mol. The van der Waals surface area contributed by atoms with Crippen LogP contribution in [-0.4, -0.2) is 13.2 Å². The Morgan fingerprint density at radius 2 is 1.92 bits per heavy atom. The second-order valence-corrected chi connectivity index (χ2v) is 4.65. The summed E-state index contributed by atoms with van der Waals surface area (Å²) in [4.78, 5) is 0. The topological polar surface area (TPSA) is 9.23 Å². The van der Waals surface area contributed by atoms with Crippen LogP contribution in [-0.2, 0) is 4.74 Å². The first-order valence-electron chi connectivity index (χ1n) is 5.09. The molecule has 3 aliphatic rings. The smallest absolute Gasteiger partial charge is 0.0664 e. The number of rotatable bonds is 1. The van der Waals surface area contributed by atoms with Crippen LogP contribution in [0.2, 0.25) is 0 Å². The highest BCUT2D eigenvalue weighted by Crippen LogP contribution is 2.53. The molecule has 3 aliphatic carbocycles. The van der Waals surface area contributed by atoms with Crippen LogP contribution in [0.15, 0.2) is 12.2 Å². The van der Waals surface area contributed by atoms with Gasteiger partial charge in [0.05, 0.1) is 6.10 Å². The Balaban J connectivity index is 1.97. The van der Waals surface area contributed by atoms with Gasteiger partial charge in [-0.25, -0.2) is 0 Å². The summed E-state index contributed by atoms with van der Waals surface area (Å²) in [5, 5.41) is 0. The molecule has 0 heterocycles. The number of hydrogen-bond acceptors (Lipinski definition) is 1. The fourth-order valence-corrected chi connectivity index (χ4v) is 3.68. The summed E-state index contributed by atoms with van der Waals surface area (Å²) in [6.45, 7) is 0. The zero-order valence-corrected chi connectivity index (χ0v) is 7.57. The SMILES string of the molecule is COC1C2CC3C=CC1C(C3)C2. The maximum absolute atomic E-state index is 5.60. The predicted octanol–water partition coefficient (Wildman–Crippen LogP) is 2.23. The van der Waals surface area contributed by atoms with E-state index in [0.717, 1.165) is 23.7 Å². The molecular formula is C11H16O. The summed E-state index contributed by atoms with van der Waals surface area (Å²) >= 11 is 0. The van der Waals surface area contributed by atoms with Crippen molar-refractivity contribution in [3.8, 4) is 0 Å². The number of ether oxygens (including phenoxy) is 1. The summed E-state index contributed by atoms with van der Waals surface area (Å²) in [5.41, 5.74) is 0. The highest BCUT2D eigenvalue weighted by molar-refractivity contribution is 5.13. The largest absolute Gasteiger partial charge is 0.381 e. The van der Waals surface area contributed by atoms with Crippen molar-refractivity contribution in [3.63, 3.8) is 0 Å². The molecule has 12 heavy (non-hydrogen) atoms. The van der Waals surface area contributed by atoms with Gasteiger partial charge in [0.25, 0.3) is 0 Å². The third kappa shape index (κ3) is 0.779. The van der Waals surface area contributed by atoms with Gasteiger partial charge in [0.2, 0.25) is 0 Å². The molecule has 0 saturated heterocycles. The van der Waals surface area contributed by atoms with Crippen molar-refractivity contribution < 1.29 is 4.74 Å². The lowest BCUT2D eigenvalue weighted by Crippen LogP contribution is -2.21. The van der Waals surface area contributed by atoms with Crippen molar-refractivity contribution in [3.05, 3.63) is 12.2 Å². The Bertz CT molecular complexity index is 221. The third-order valence-corrected chi connectivity index (χ3v) is 4.08. The molecule has 3 rings (SSSR count). The summed E-state index contributed by atoms with van der Waals surface area (Å²) in [6.07, 6.45) is 9.69. The molecule has 0 amide bonds. The monoisotopic (exact) mass is 164 g/mol. The Hall–Kier alpha value is -0.300. The molecule has 0 aromatic heterocycles. The quantitative estimate of drug-likeness (QED) is 0.540. The fraction of sp³-hybridized carbons (Fsp3) is 0.818. The maximum Gasteiger partial charge on any atom is 0.0664 e. The lowest BCUT2D eigenvalue weighted by Gasteiger charge is -2.28. The molecule has 0 N–H and O–H groups in total. The van der Waals surface area contributed by atoms with Gasteiger partial charge in [-0.3, -0.25) is 0 Å². The van der Waals surface area contributed by atoms with E-state index in [0.29, 0.717) is 6.10 Å². The van der Waals surface area contributed by atoms with Gasteiger partial charge in [0.1, 0.15) is 0 Å². The van der Waals surface area contributed by atoms with Gasteiger partial charge >= 0.3 is 0 Å². The van der Waals surface area contributed by atoms with Crippen LogP contribution in [0.4, 0.5) is 0 Å². The molecule has 5 atom stereocenters. The molecule has 5 unspecified atom stereocenters. The van der Waals surface area contributed by atoms with Gasteiger partial charge in [-0.05, 0) is 37.0 Å². The number of hydrogen-bond donors (Lipinski definition) is 0. The molecule has 66 valence electrons. The van der Waals surface area contributed by atoms with E-state index in [-0.39, 0.29) is 0 Å². The Kier molecular flexibility index (Phi) is 1.40. The van der Waals surface area contributed by atoms with Gasteiger partial charge in [0, 0.05) is 13.0 Å². The van der Waals surface area contributed by atoms with Gasteiger partial charge < -0.3 is 4.74 Å². The lowest BCUT2D eigenvalue weighted by atomic mass is 9.76. The van der Waals surface area contributed by atoms with Crippen molar-refractivity contribution in [1.29, 1.82) is 0 Å². The normalized spacial score (nSPS) is 54.9. The van der Waals surface area contributed by atoms with Crippen molar-refractivity contribution >= 4 is 0 Å². The minimum atomic E-state index is 0.554. The minimum absolute atomic E-state index is 0.554. The molecule has 0 aromatic carbocycles. The maximum atomic E-state index is 5.60. The summed E-state index contributed by atoms with van der Waals surface area (Å²) in [5.74, 6) is 3.49. The van der Waals surface area contributed by atoms with Crippen LogP contribution in [0.1, 0.15) is 19.3 Å². The zero-order valence-electron chi connectivity index (χ0n) is 7.57. The Morgan fingerprint density at radius 1 is 1.08 bits per heavy atom. The standard InChI is InChI=1S/C11H16O/c1-12-11-9-5-7-2-3-10(11)8(4-7)6-9/h2-3,7-11H,4-6H2,1H3. The molecule has 0 spiro atoms. The van der Waals surface area contributed by atoms with Crippen molar-refractivity contribution in [2.75, 3.05) is 7.11 Å². The van der Waals surface area contributed by atoms with Crippen LogP contribution >= 0.6 is 0 Å². The van der Waals surface area contributed by atoms with Crippen molar-refractivity contribution in [1.82, 2.24) is 0 Å². The summed E-state index contributed by atoms with van der Waals surface area (Å²) < 4.78 is 5.60. The molecule has 0 radical (unpaired) electrons.